The molecule has 0 atom stereocenters. The lowest BCUT2D eigenvalue weighted by atomic mass is 10.2. The van der Waals surface area contributed by atoms with E-state index in [-0.39, 0.29) is 5.84 Å². The Labute approximate surface area is 117 Å². The molecule has 0 spiro atoms. The van der Waals surface area contributed by atoms with E-state index in [1.54, 1.807) is 12.1 Å². The summed E-state index contributed by atoms with van der Waals surface area (Å²) in [6, 6.07) is 11.2. The van der Waals surface area contributed by atoms with Gasteiger partial charge in [-0.15, -0.1) is 0 Å². The van der Waals surface area contributed by atoms with Crippen molar-refractivity contribution in [3.63, 3.8) is 0 Å². The van der Waals surface area contributed by atoms with Gasteiger partial charge in [-0.25, -0.2) is 4.98 Å². The van der Waals surface area contributed by atoms with Crippen LogP contribution in [0.3, 0.4) is 0 Å². The number of aromatic nitrogens is 1. The lowest BCUT2D eigenvalue weighted by molar-refractivity contribution is 0.318. The number of benzene rings is 1. The Kier molecular flexibility index (Phi) is 4.20. The Hall–Kier alpha value is -2.56. The van der Waals surface area contributed by atoms with Gasteiger partial charge in [-0.2, -0.15) is 0 Å². The van der Waals surface area contributed by atoms with E-state index in [0.29, 0.717) is 17.2 Å². The molecule has 0 unspecified atom stereocenters. The fourth-order valence-corrected chi connectivity index (χ4v) is 1.81. The summed E-state index contributed by atoms with van der Waals surface area (Å²) in [5, 5.41) is 11.7. The van der Waals surface area contributed by atoms with Crippen LogP contribution in [0.2, 0.25) is 0 Å². The van der Waals surface area contributed by atoms with Crippen LogP contribution in [0.1, 0.15) is 23.7 Å². The van der Waals surface area contributed by atoms with E-state index in [9.17, 15) is 0 Å². The van der Waals surface area contributed by atoms with Crippen LogP contribution in [0.5, 0.6) is 11.6 Å². The molecule has 1 heterocycles. The zero-order valence-electron chi connectivity index (χ0n) is 11.5. The molecule has 2 rings (SSSR count). The maximum atomic E-state index is 8.72. The van der Waals surface area contributed by atoms with Gasteiger partial charge in [0.25, 0.3) is 0 Å². The van der Waals surface area contributed by atoms with Crippen molar-refractivity contribution in [2.45, 2.75) is 20.3 Å². The minimum atomic E-state index is 0.0293. The van der Waals surface area contributed by atoms with E-state index in [0.717, 1.165) is 12.1 Å². The van der Waals surface area contributed by atoms with Gasteiger partial charge < -0.3 is 15.7 Å². The van der Waals surface area contributed by atoms with Crippen LogP contribution < -0.4 is 10.5 Å². The third kappa shape index (κ3) is 3.26. The normalized spacial score (nSPS) is 11.4. The Balaban J connectivity index is 2.26. The minimum absolute atomic E-state index is 0.0293. The number of nitrogens with zero attached hydrogens (tertiary/aromatic N) is 2. The molecule has 0 saturated heterocycles. The first kappa shape index (κ1) is 13.9. The Morgan fingerprint density at radius 3 is 2.60 bits per heavy atom. The number of nitrogens with two attached hydrogens (primary N) is 1. The minimum Gasteiger partial charge on any atom is -0.439 e. The third-order valence-corrected chi connectivity index (χ3v) is 2.89. The fraction of sp³-hybridized carbons (Fsp3) is 0.200. The molecule has 0 amide bonds. The Morgan fingerprint density at radius 1 is 1.30 bits per heavy atom. The van der Waals surface area contributed by atoms with Crippen molar-refractivity contribution in [3.8, 4) is 11.6 Å². The number of ether oxygens (including phenoxy) is 1. The van der Waals surface area contributed by atoms with Crippen LogP contribution in [-0.4, -0.2) is 16.0 Å². The predicted molar refractivity (Wildman–Crippen MR) is 77.4 cm³/mol. The number of aryl methyl sites for hydroxylation is 2. The van der Waals surface area contributed by atoms with E-state index < -0.39 is 0 Å². The maximum absolute atomic E-state index is 8.72. The van der Waals surface area contributed by atoms with E-state index in [4.69, 9.17) is 15.7 Å². The predicted octanol–water partition coefficient (Wildman–Crippen LogP) is 2.84. The van der Waals surface area contributed by atoms with Crippen molar-refractivity contribution in [2.24, 2.45) is 10.9 Å². The molecule has 0 radical (unpaired) electrons. The third-order valence-electron chi connectivity index (χ3n) is 2.89. The summed E-state index contributed by atoms with van der Waals surface area (Å²) in [6.07, 6.45) is 0.983. The second-order valence-corrected chi connectivity index (χ2v) is 4.42. The molecule has 0 aliphatic rings. The monoisotopic (exact) mass is 271 g/mol. The first-order valence-corrected chi connectivity index (χ1v) is 6.35. The van der Waals surface area contributed by atoms with E-state index in [2.05, 4.69) is 17.1 Å². The maximum Gasteiger partial charge on any atom is 0.220 e. The lowest BCUT2D eigenvalue weighted by Crippen LogP contribution is -2.13. The topological polar surface area (TPSA) is 80.7 Å². The van der Waals surface area contributed by atoms with Crippen LogP contribution in [0.15, 0.2) is 41.6 Å². The molecule has 0 saturated carbocycles. The highest BCUT2D eigenvalue weighted by molar-refractivity contribution is 5.97. The molecule has 5 nitrogen and oxygen atoms in total. The van der Waals surface area contributed by atoms with Crippen LogP contribution in [-0.2, 0) is 6.42 Å². The lowest BCUT2D eigenvalue weighted by Gasteiger charge is -2.08. The van der Waals surface area contributed by atoms with Crippen molar-refractivity contribution in [1.82, 2.24) is 4.98 Å². The number of pyridine rings is 1. The summed E-state index contributed by atoms with van der Waals surface area (Å²) in [4.78, 5) is 4.27. The van der Waals surface area contributed by atoms with Crippen molar-refractivity contribution >= 4 is 5.84 Å². The molecular weight excluding hydrogens is 254 g/mol. The van der Waals surface area contributed by atoms with Gasteiger partial charge in [0.15, 0.2) is 5.84 Å². The zero-order chi connectivity index (χ0) is 14.5. The molecule has 0 aliphatic carbocycles. The summed E-state index contributed by atoms with van der Waals surface area (Å²) in [6.45, 7) is 3.92. The highest BCUT2D eigenvalue weighted by Crippen LogP contribution is 2.21. The SMILES string of the molecule is CCc1ccc(Oc2cc(/C(N)=N/O)cc(C)n2)cc1. The van der Waals surface area contributed by atoms with Gasteiger partial charge in [0, 0.05) is 17.3 Å². The molecule has 5 heteroatoms. The van der Waals surface area contributed by atoms with Gasteiger partial charge >= 0.3 is 0 Å². The van der Waals surface area contributed by atoms with Gasteiger partial charge in [0.05, 0.1) is 0 Å². The average Bonchev–Trinajstić information content (AvgIpc) is 2.46. The number of oxime groups is 1. The largest absolute Gasteiger partial charge is 0.439 e. The fourth-order valence-electron chi connectivity index (χ4n) is 1.81. The molecule has 1 aromatic carbocycles. The van der Waals surface area contributed by atoms with Gasteiger partial charge in [-0.1, -0.05) is 24.2 Å². The first-order chi connectivity index (χ1) is 9.62. The summed E-state index contributed by atoms with van der Waals surface area (Å²) in [5.41, 5.74) is 8.12. The van der Waals surface area contributed by atoms with Gasteiger partial charge in [0.2, 0.25) is 5.88 Å². The highest BCUT2D eigenvalue weighted by Gasteiger charge is 2.06. The number of rotatable bonds is 4. The summed E-state index contributed by atoms with van der Waals surface area (Å²) in [5.74, 6) is 1.14. The van der Waals surface area contributed by atoms with Crippen LogP contribution in [0, 0.1) is 6.92 Å². The van der Waals surface area contributed by atoms with Crippen molar-refractivity contribution in [1.29, 1.82) is 0 Å². The zero-order valence-corrected chi connectivity index (χ0v) is 11.5. The van der Waals surface area contributed by atoms with Gasteiger partial charge in [0.1, 0.15) is 5.75 Å². The molecule has 20 heavy (non-hydrogen) atoms. The van der Waals surface area contributed by atoms with Crippen LogP contribution >= 0.6 is 0 Å². The van der Waals surface area contributed by atoms with Gasteiger partial charge in [-0.3, -0.25) is 0 Å². The molecule has 0 fully saturated rings. The smallest absolute Gasteiger partial charge is 0.220 e. The molecular formula is C15H17N3O2. The molecule has 2 aromatic rings. The summed E-state index contributed by atoms with van der Waals surface area (Å²) in [7, 11) is 0. The first-order valence-electron chi connectivity index (χ1n) is 6.35. The highest BCUT2D eigenvalue weighted by atomic mass is 16.5. The summed E-state index contributed by atoms with van der Waals surface area (Å²) < 4.78 is 5.69. The van der Waals surface area contributed by atoms with Gasteiger partial charge in [-0.05, 0) is 37.1 Å². The van der Waals surface area contributed by atoms with Crippen LogP contribution in [0.25, 0.3) is 0 Å². The Bertz CT molecular complexity index is 622. The molecule has 0 bridgehead atoms. The molecule has 1 aromatic heterocycles. The van der Waals surface area contributed by atoms with E-state index in [1.165, 1.54) is 5.56 Å². The average molecular weight is 271 g/mol. The van der Waals surface area contributed by atoms with Crippen molar-refractivity contribution < 1.29 is 9.94 Å². The van der Waals surface area contributed by atoms with E-state index >= 15 is 0 Å². The number of amidine groups is 1. The molecule has 104 valence electrons. The van der Waals surface area contributed by atoms with Crippen molar-refractivity contribution in [2.75, 3.05) is 0 Å². The second-order valence-electron chi connectivity index (χ2n) is 4.42. The standard InChI is InChI=1S/C15H17N3O2/c1-3-11-4-6-13(7-5-11)20-14-9-12(15(16)18-19)8-10(2)17-14/h4-9,19H,3H2,1-2H3,(H2,16,18). The molecule has 3 N–H and O–H groups in total. The van der Waals surface area contributed by atoms with Crippen molar-refractivity contribution in [3.05, 3.63) is 53.2 Å². The number of hydrogen-bond donors (Lipinski definition) is 2. The molecule has 0 aliphatic heterocycles. The quantitative estimate of drug-likeness (QED) is 0.388. The number of hydrogen-bond acceptors (Lipinski definition) is 4. The van der Waals surface area contributed by atoms with E-state index in [1.807, 2.05) is 31.2 Å². The Morgan fingerprint density at radius 2 is 2.00 bits per heavy atom. The van der Waals surface area contributed by atoms with Crippen LogP contribution in [0.4, 0.5) is 0 Å². The summed E-state index contributed by atoms with van der Waals surface area (Å²) >= 11 is 0. The second kappa shape index (κ2) is 6.06.